The third-order valence-corrected chi connectivity index (χ3v) is 2.89. The van der Waals surface area contributed by atoms with Crippen molar-refractivity contribution in [3.8, 4) is 6.07 Å². The highest BCUT2D eigenvalue weighted by Gasteiger charge is 2.24. The van der Waals surface area contributed by atoms with E-state index in [1.54, 1.807) is 0 Å². The van der Waals surface area contributed by atoms with Crippen molar-refractivity contribution in [2.24, 2.45) is 11.8 Å². The largest absolute Gasteiger partial charge is 0.299 e. The highest BCUT2D eigenvalue weighted by Crippen LogP contribution is 2.27. The lowest BCUT2D eigenvalue weighted by Gasteiger charge is -2.22. The van der Waals surface area contributed by atoms with Crippen molar-refractivity contribution in [1.82, 2.24) is 0 Å². The predicted octanol–water partition coefficient (Wildman–Crippen LogP) is 2.69. The van der Waals surface area contributed by atoms with Crippen molar-refractivity contribution in [3.63, 3.8) is 0 Å². The van der Waals surface area contributed by atoms with Crippen LogP contribution in [0.2, 0.25) is 0 Å². The fourth-order valence-corrected chi connectivity index (χ4v) is 2.03. The molecule has 72 valence electrons. The molecule has 2 nitrogen and oxygen atoms in total. The minimum atomic E-state index is -0.0481. The molecule has 0 bridgehead atoms. The van der Waals surface area contributed by atoms with Gasteiger partial charge in [-0.2, -0.15) is 5.26 Å². The van der Waals surface area contributed by atoms with Gasteiger partial charge in [0.2, 0.25) is 0 Å². The molecule has 0 amide bonds. The average molecular weight is 179 g/mol. The van der Waals surface area contributed by atoms with Crippen LogP contribution in [0, 0.1) is 23.2 Å². The summed E-state index contributed by atoms with van der Waals surface area (Å²) in [6.07, 6.45) is 6.14. The van der Waals surface area contributed by atoms with Crippen LogP contribution in [0.5, 0.6) is 0 Å². The van der Waals surface area contributed by atoms with Crippen molar-refractivity contribution >= 4 is 5.78 Å². The third kappa shape index (κ3) is 2.84. The number of carbonyl (C=O) groups excluding carboxylic acids is 1. The number of Topliss-reactive ketones (excluding diaryl/α,β-unsaturated/α-hetero) is 1. The zero-order valence-electron chi connectivity index (χ0n) is 8.25. The summed E-state index contributed by atoms with van der Waals surface area (Å²) < 4.78 is 0. The first-order chi connectivity index (χ1) is 6.25. The molecule has 1 saturated carbocycles. The predicted molar refractivity (Wildman–Crippen MR) is 51.0 cm³/mol. The number of nitrogens with zero attached hydrogens (tertiary/aromatic N) is 1. The number of hydrogen-bond donors (Lipinski definition) is 0. The Morgan fingerprint density at radius 2 is 2.08 bits per heavy atom. The first-order valence-corrected chi connectivity index (χ1v) is 5.16. The number of rotatable bonds is 3. The maximum absolute atomic E-state index is 11.7. The Morgan fingerprint density at radius 3 is 2.62 bits per heavy atom. The fraction of sp³-hybridized carbons (Fsp3) is 0.818. The molecule has 1 atom stereocenters. The lowest BCUT2D eigenvalue weighted by atomic mass is 9.81. The van der Waals surface area contributed by atoms with Crippen molar-refractivity contribution < 1.29 is 4.79 Å². The summed E-state index contributed by atoms with van der Waals surface area (Å²) in [7, 11) is 0. The molecular formula is C11H17NO. The van der Waals surface area contributed by atoms with E-state index in [1.807, 2.05) is 6.92 Å². The SMILES string of the molecule is CC(CC#N)C(=O)C1CCCCC1. The lowest BCUT2D eigenvalue weighted by Crippen LogP contribution is -2.23. The molecule has 1 unspecified atom stereocenters. The highest BCUT2D eigenvalue weighted by atomic mass is 16.1. The zero-order chi connectivity index (χ0) is 9.68. The van der Waals surface area contributed by atoms with Gasteiger partial charge in [0.05, 0.1) is 6.07 Å². The summed E-state index contributed by atoms with van der Waals surface area (Å²) in [4.78, 5) is 11.7. The van der Waals surface area contributed by atoms with Crippen LogP contribution in [0.4, 0.5) is 0 Å². The molecule has 0 aliphatic heterocycles. The molecule has 13 heavy (non-hydrogen) atoms. The molecule has 1 rings (SSSR count). The van der Waals surface area contributed by atoms with E-state index in [9.17, 15) is 4.79 Å². The normalized spacial score (nSPS) is 20.6. The molecule has 0 aromatic heterocycles. The Hall–Kier alpha value is -0.840. The van der Waals surface area contributed by atoms with Gasteiger partial charge in [-0.05, 0) is 12.8 Å². The maximum Gasteiger partial charge on any atom is 0.139 e. The molecule has 1 aliphatic carbocycles. The van der Waals surface area contributed by atoms with Gasteiger partial charge in [0.15, 0.2) is 0 Å². The Kier molecular flexibility index (Phi) is 3.95. The summed E-state index contributed by atoms with van der Waals surface area (Å²) in [5, 5.41) is 8.48. The first kappa shape index (κ1) is 10.2. The monoisotopic (exact) mass is 179 g/mol. The van der Waals surface area contributed by atoms with E-state index in [1.165, 1.54) is 19.3 Å². The molecule has 0 aromatic rings. The van der Waals surface area contributed by atoms with Crippen LogP contribution in [0.15, 0.2) is 0 Å². The van der Waals surface area contributed by atoms with Gasteiger partial charge in [0.1, 0.15) is 5.78 Å². The van der Waals surface area contributed by atoms with E-state index in [-0.39, 0.29) is 11.8 Å². The van der Waals surface area contributed by atoms with Gasteiger partial charge in [0, 0.05) is 18.3 Å². The molecule has 0 radical (unpaired) electrons. The fourth-order valence-electron chi connectivity index (χ4n) is 2.03. The van der Waals surface area contributed by atoms with E-state index < -0.39 is 0 Å². The summed E-state index contributed by atoms with van der Waals surface area (Å²) in [5.41, 5.74) is 0. The third-order valence-electron chi connectivity index (χ3n) is 2.89. The van der Waals surface area contributed by atoms with E-state index in [4.69, 9.17) is 5.26 Å². The molecule has 0 saturated heterocycles. The van der Waals surface area contributed by atoms with Crippen LogP contribution in [0.3, 0.4) is 0 Å². The van der Waals surface area contributed by atoms with Gasteiger partial charge in [-0.1, -0.05) is 26.2 Å². The summed E-state index contributed by atoms with van der Waals surface area (Å²) in [5.74, 6) is 0.534. The van der Waals surface area contributed by atoms with Crippen molar-refractivity contribution in [3.05, 3.63) is 0 Å². The van der Waals surface area contributed by atoms with E-state index >= 15 is 0 Å². The summed E-state index contributed by atoms with van der Waals surface area (Å²) in [6.45, 7) is 1.88. The van der Waals surface area contributed by atoms with Gasteiger partial charge in [-0.3, -0.25) is 4.79 Å². The van der Waals surface area contributed by atoms with Crippen LogP contribution >= 0.6 is 0 Å². The topological polar surface area (TPSA) is 40.9 Å². The first-order valence-electron chi connectivity index (χ1n) is 5.16. The van der Waals surface area contributed by atoms with E-state index in [2.05, 4.69) is 6.07 Å². The number of hydrogen-bond acceptors (Lipinski definition) is 2. The minimum Gasteiger partial charge on any atom is -0.299 e. The van der Waals surface area contributed by atoms with Crippen LogP contribution in [-0.4, -0.2) is 5.78 Å². The second kappa shape index (κ2) is 5.01. The number of nitriles is 1. The van der Waals surface area contributed by atoms with Crippen LogP contribution in [-0.2, 0) is 4.79 Å². The molecule has 0 spiro atoms. The summed E-state index contributed by atoms with van der Waals surface area (Å²) >= 11 is 0. The standard InChI is InChI=1S/C11H17NO/c1-9(7-8-12)11(13)10-5-3-2-4-6-10/h9-10H,2-7H2,1H3. The highest BCUT2D eigenvalue weighted by molar-refractivity contribution is 5.83. The Balaban J connectivity index is 2.41. The molecular weight excluding hydrogens is 162 g/mol. The van der Waals surface area contributed by atoms with Crippen LogP contribution < -0.4 is 0 Å². The van der Waals surface area contributed by atoms with E-state index in [0.717, 1.165) is 12.8 Å². The Bertz CT molecular complexity index is 211. The van der Waals surface area contributed by atoms with E-state index in [0.29, 0.717) is 12.2 Å². The van der Waals surface area contributed by atoms with Gasteiger partial charge in [-0.15, -0.1) is 0 Å². The quantitative estimate of drug-likeness (QED) is 0.668. The number of ketones is 1. The molecule has 0 N–H and O–H groups in total. The van der Waals surface area contributed by atoms with Gasteiger partial charge in [-0.25, -0.2) is 0 Å². The average Bonchev–Trinajstić information content (AvgIpc) is 2.18. The molecule has 0 aromatic carbocycles. The van der Waals surface area contributed by atoms with Gasteiger partial charge in [0.25, 0.3) is 0 Å². The molecule has 0 heterocycles. The summed E-state index contributed by atoms with van der Waals surface area (Å²) in [6, 6.07) is 2.07. The Morgan fingerprint density at radius 1 is 1.46 bits per heavy atom. The van der Waals surface area contributed by atoms with Crippen molar-refractivity contribution in [2.45, 2.75) is 45.4 Å². The molecule has 1 fully saturated rings. The number of carbonyl (C=O) groups is 1. The van der Waals surface area contributed by atoms with Gasteiger partial charge >= 0.3 is 0 Å². The molecule has 1 aliphatic rings. The second-order valence-electron chi connectivity index (χ2n) is 4.00. The molecule has 2 heteroatoms. The van der Waals surface area contributed by atoms with Crippen LogP contribution in [0.25, 0.3) is 0 Å². The minimum absolute atomic E-state index is 0.0481. The van der Waals surface area contributed by atoms with Crippen LogP contribution in [0.1, 0.15) is 45.4 Å². The van der Waals surface area contributed by atoms with Gasteiger partial charge < -0.3 is 0 Å². The van der Waals surface area contributed by atoms with Crippen molar-refractivity contribution in [2.75, 3.05) is 0 Å². The van der Waals surface area contributed by atoms with Crippen molar-refractivity contribution in [1.29, 1.82) is 5.26 Å². The lowest BCUT2D eigenvalue weighted by molar-refractivity contribution is -0.127. The zero-order valence-corrected chi connectivity index (χ0v) is 8.25. The maximum atomic E-state index is 11.7. The smallest absolute Gasteiger partial charge is 0.139 e. The Labute approximate surface area is 79.9 Å². The second-order valence-corrected chi connectivity index (χ2v) is 4.00.